The number of nitrogens with one attached hydrogen (secondary N) is 1. The number of hydrogen-bond donors (Lipinski definition) is 1. The Bertz CT molecular complexity index is 804. The molecule has 1 aromatic carbocycles. The van der Waals surface area contributed by atoms with E-state index >= 15 is 0 Å². The summed E-state index contributed by atoms with van der Waals surface area (Å²) in [5.74, 6) is -2.02. The molecule has 1 aliphatic carbocycles. The maximum atomic E-state index is 14.8. The summed E-state index contributed by atoms with van der Waals surface area (Å²) in [4.78, 5) is 16.1. The van der Waals surface area contributed by atoms with Crippen LogP contribution in [-0.2, 0) is 11.2 Å². The Morgan fingerprint density at radius 1 is 1.12 bits per heavy atom. The maximum absolute atomic E-state index is 14.8. The summed E-state index contributed by atoms with van der Waals surface area (Å²) >= 11 is 0. The zero-order valence-corrected chi connectivity index (χ0v) is 14.0. The SMILES string of the molecule is Cl.O=C1C2CC(C2)NC1Cc1ccnc(-c2cc(F)cc(F)c2)c1F. The van der Waals surface area contributed by atoms with E-state index < -0.39 is 23.5 Å². The lowest BCUT2D eigenvalue weighted by Gasteiger charge is -2.45. The summed E-state index contributed by atoms with van der Waals surface area (Å²) < 4.78 is 41.5. The second kappa shape index (κ2) is 6.77. The van der Waals surface area contributed by atoms with Gasteiger partial charge in [0.15, 0.2) is 11.6 Å². The largest absolute Gasteiger partial charge is 0.304 e. The second-order valence-electron chi connectivity index (χ2n) is 6.48. The topological polar surface area (TPSA) is 42.0 Å². The van der Waals surface area contributed by atoms with E-state index in [-0.39, 0.29) is 41.8 Å². The van der Waals surface area contributed by atoms with E-state index in [9.17, 15) is 18.0 Å². The fourth-order valence-electron chi connectivity index (χ4n) is 3.55. The highest BCUT2D eigenvalue weighted by molar-refractivity contribution is 5.89. The minimum Gasteiger partial charge on any atom is -0.304 e. The number of aromatic nitrogens is 1. The first-order valence-corrected chi connectivity index (χ1v) is 7.91. The van der Waals surface area contributed by atoms with Crippen molar-refractivity contribution in [1.29, 1.82) is 0 Å². The standard InChI is InChI=1S/C18H15F3N2O.ClH/c19-12-3-10(4-13(20)8-12)17-16(21)9(1-2-22-17)7-15-18(24)11-5-14(6-11)23-15;/h1-4,8,11,14-15,23H,5-7H2;1H. The molecule has 2 saturated heterocycles. The molecule has 1 N–H and O–H groups in total. The highest BCUT2D eigenvalue weighted by Gasteiger charge is 2.44. The molecule has 1 saturated carbocycles. The molecule has 5 rings (SSSR count). The van der Waals surface area contributed by atoms with E-state index in [1.807, 2.05) is 0 Å². The average Bonchev–Trinajstić information content (AvgIpc) is 2.49. The average molecular weight is 369 g/mol. The van der Waals surface area contributed by atoms with Crippen molar-refractivity contribution in [3.05, 3.63) is 53.5 Å². The second-order valence-corrected chi connectivity index (χ2v) is 6.48. The van der Waals surface area contributed by atoms with E-state index in [1.165, 1.54) is 12.3 Å². The Balaban J connectivity index is 0.00000182. The third-order valence-corrected chi connectivity index (χ3v) is 4.85. The van der Waals surface area contributed by atoms with Gasteiger partial charge in [0, 0.05) is 29.8 Å². The quantitative estimate of drug-likeness (QED) is 0.902. The van der Waals surface area contributed by atoms with Crippen LogP contribution in [0.5, 0.6) is 0 Å². The Hall–Kier alpha value is -1.92. The summed E-state index contributed by atoms with van der Waals surface area (Å²) in [6.45, 7) is 0. The molecule has 3 nitrogen and oxygen atoms in total. The van der Waals surface area contributed by atoms with Gasteiger partial charge < -0.3 is 5.32 Å². The molecule has 3 aliphatic rings. The number of nitrogens with zero attached hydrogens (tertiary/aromatic N) is 1. The maximum Gasteiger partial charge on any atom is 0.153 e. The summed E-state index contributed by atoms with van der Waals surface area (Å²) in [6, 6.07) is 4.23. The van der Waals surface area contributed by atoms with Crippen molar-refractivity contribution in [1.82, 2.24) is 10.3 Å². The van der Waals surface area contributed by atoms with Gasteiger partial charge in [-0.25, -0.2) is 13.2 Å². The molecule has 3 heterocycles. The molecule has 0 amide bonds. The van der Waals surface area contributed by atoms with E-state index in [0.717, 1.165) is 31.0 Å². The van der Waals surface area contributed by atoms with Gasteiger partial charge in [-0.15, -0.1) is 12.4 Å². The van der Waals surface area contributed by atoms with E-state index in [0.29, 0.717) is 11.6 Å². The van der Waals surface area contributed by atoms with Crippen molar-refractivity contribution < 1.29 is 18.0 Å². The molecule has 0 radical (unpaired) electrons. The predicted octanol–water partition coefficient (Wildman–Crippen LogP) is 3.45. The Morgan fingerprint density at radius 2 is 1.80 bits per heavy atom. The van der Waals surface area contributed by atoms with Crippen LogP contribution in [0.1, 0.15) is 18.4 Å². The fraction of sp³-hybridized carbons (Fsp3) is 0.333. The molecule has 1 aromatic heterocycles. The van der Waals surface area contributed by atoms with Crippen molar-refractivity contribution in [2.75, 3.05) is 0 Å². The molecule has 132 valence electrons. The number of halogens is 4. The molecule has 3 fully saturated rings. The highest BCUT2D eigenvalue weighted by Crippen LogP contribution is 2.35. The number of benzene rings is 1. The molecule has 2 aromatic rings. The predicted molar refractivity (Wildman–Crippen MR) is 88.9 cm³/mol. The smallest absolute Gasteiger partial charge is 0.153 e. The number of hydrogen-bond acceptors (Lipinski definition) is 3. The third-order valence-electron chi connectivity index (χ3n) is 4.85. The van der Waals surface area contributed by atoms with Gasteiger partial charge in [-0.05, 0) is 43.0 Å². The molecular weight excluding hydrogens is 353 g/mol. The Labute approximate surface area is 149 Å². The molecule has 7 heteroatoms. The van der Waals surface area contributed by atoms with Crippen LogP contribution < -0.4 is 5.32 Å². The lowest BCUT2D eigenvalue weighted by atomic mass is 9.70. The van der Waals surface area contributed by atoms with E-state index in [2.05, 4.69) is 10.3 Å². The summed E-state index contributed by atoms with van der Waals surface area (Å²) in [5.41, 5.74) is 0.244. The monoisotopic (exact) mass is 368 g/mol. The first kappa shape index (κ1) is 17.9. The number of pyridine rings is 1. The van der Waals surface area contributed by atoms with Gasteiger partial charge in [0.2, 0.25) is 0 Å². The Kier molecular flexibility index (Phi) is 4.84. The molecule has 1 unspecified atom stereocenters. The molecule has 2 bridgehead atoms. The van der Waals surface area contributed by atoms with Crippen LogP contribution in [0.4, 0.5) is 13.2 Å². The molecular formula is C18H16ClF3N2O. The van der Waals surface area contributed by atoms with Crippen molar-refractivity contribution in [3.8, 4) is 11.3 Å². The van der Waals surface area contributed by atoms with Crippen molar-refractivity contribution in [2.24, 2.45) is 5.92 Å². The van der Waals surface area contributed by atoms with Crippen LogP contribution in [0.2, 0.25) is 0 Å². The number of rotatable bonds is 3. The van der Waals surface area contributed by atoms with Crippen LogP contribution >= 0.6 is 12.4 Å². The van der Waals surface area contributed by atoms with Crippen LogP contribution in [0.25, 0.3) is 11.3 Å². The van der Waals surface area contributed by atoms with Crippen LogP contribution in [-0.4, -0.2) is 22.9 Å². The number of carbonyl (C=O) groups is 1. The van der Waals surface area contributed by atoms with Gasteiger partial charge in [0.05, 0.1) is 6.04 Å². The number of Topliss-reactive ketones (excluding diaryl/α,β-unsaturated/α-hetero) is 1. The Morgan fingerprint density at radius 3 is 2.44 bits per heavy atom. The minimum absolute atomic E-state index is 0. The van der Waals surface area contributed by atoms with Gasteiger partial charge in [-0.3, -0.25) is 9.78 Å². The number of fused-ring (bicyclic) bond motifs is 2. The summed E-state index contributed by atoms with van der Waals surface area (Å²) in [7, 11) is 0. The van der Waals surface area contributed by atoms with Crippen molar-refractivity contribution >= 4 is 18.2 Å². The summed E-state index contributed by atoms with van der Waals surface area (Å²) in [5, 5.41) is 3.23. The molecule has 0 spiro atoms. The number of ketones is 1. The van der Waals surface area contributed by atoms with Crippen molar-refractivity contribution in [2.45, 2.75) is 31.3 Å². The lowest BCUT2D eigenvalue weighted by Crippen LogP contribution is -2.61. The van der Waals surface area contributed by atoms with Crippen LogP contribution in [0.3, 0.4) is 0 Å². The third kappa shape index (κ3) is 3.28. The van der Waals surface area contributed by atoms with Gasteiger partial charge in [-0.2, -0.15) is 0 Å². The zero-order valence-electron chi connectivity index (χ0n) is 13.1. The van der Waals surface area contributed by atoms with E-state index in [1.54, 1.807) is 0 Å². The zero-order chi connectivity index (χ0) is 16.8. The van der Waals surface area contributed by atoms with Gasteiger partial charge >= 0.3 is 0 Å². The first-order chi connectivity index (χ1) is 11.5. The van der Waals surface area contributed by atoms with E-state index in [4.69, 9.17) is 0 Å². The van der Waals surface area contributed by atoms with Gasteiger partial charge in [0.1, 0.15) is 17.3 Å². The van der Waals surface area contributed by atoms with Crippen molar-refractivity contribution in [3.63, 3.8) is 0 Å². The normalized spacial score (nSPS) is 24.4. The number of carbonyl (C=O) groups excluding carboxylic acids is 1. The molecule has 25 heavy (non-hydrogen) atoms. The van der Waals surface area contributed by atoms with Crippen LogP contribution in [0, 0.1) is 23.4 Å². The number of piperidine rings is 2. The minimum atomic E-state index is -0.791. The van der Waals surface area contributed by atoms with Crippen LogP contribution in [0.15, 0.2) is 30.5 Å². The summed E-state index contributed by atoms with van der Waals surface area (Å²) in [6.07, 6.45) is 3.33. The molecule has 2 aliphatic heterocycles. The fourth-order valence-corrected chi connectivity index (χ4v) is 3.55. The highest BCUT2D eigenvalue weighted by atomic mass is 35.5. The molecule has 1 atom stereocenters. The van der Waals surface area contributed by atoms with Gasteiger partial charge in [0.25, 0.3) is 0 Å². The first-order valence-electron chi connectivity index (χ1n) is 7.91. The van der Waals surface area contributed by atoms with Gasteiger partial charge in [-0.1, -0.05) is 0 Å². The lowest BCUT2D eigenvalue weighted by molar-refractivity contribution is -0.133.